The lowest BCUT2D eigenvalue weighted by molar-refractivity contribution is -0.158. The Morgan fingerprint density at radius 1 is 1.42 bits per heavy atom. The first kappa shape index (κ1) is 16.3. The molecule has 3 unspecified atom stereocenters. The first-order valence-electron chi connectivity index (χ1n) is 7.80. The molecule has 3 atom stereocenters. The maximum Gasteiger partial charge on any atom is 0.313 e. The topological polar surface area (TPSA) is 95.2 Å². The van der Waals surface area contributed by atoms with Gasteiger partial charge in [0.15, 0.2) is 0 Å². The number of aromatic amines is 2. The molecule has 126 valence electrons. The molecule has 0 saturated carbocycles. The monoisotopic (exact) mass is 328 g/mol. The highest BCUT2D eigenvalue weighted by atomic mass is 16.5. The van der Waals surface area contributed by atoms with Gasteiger partial charge in [0.2, 0.25) is 0 Å². The minimum atomic E-state index is -1.35. The van der Waals surface area contributed by atoms with Crippen LogP contribution in [-0.2, 0) is 16.0 Å². The van der Waals surface area contributed by atoms with E-state index in [1.54, 1.807) is 6.92 Å². The summed E-state index contributed by atoms with van der Waals surface area (Å²) >= 11 is 0. The largest absolute Gasteiger partial charge is 0.461 e. The lowest BCUT2D eigenvalue weighted by atomic mass is 9.66. The van der Waals surface area contributed by atoms with E-state index in [-0.39, 0.29) is 18.6 Å². The molecule has 2 aromatic rings. The van der Waals surface area contributed by atoms with Crippen molar-refractivity contribution >= 4 is 5.97 Å². The molecule has 0 fully saturated rings. The molecule has 0 saturated heterocycles. The number of aromatic nitrogens is 2. The van der Waals surface area contributed by atoms with Crippen molar-refractivity contribution in [1.82, 2.24) is 10.2 Å². The summed E-state index contributed by atoms with van der Waals surface area (Å²) in [6.07, 6.45) is 1.64. The number of nitrogens with one attached hydrogen (secondary N) is 2. The Labute approximate surface area is 139 Å². The molecular weight excluding hydrogens is 308 g/mol. The van der Waals surface area contributed by atoms with Crippen LogP contribution in [0.3, 0.4) is 0 Å². The minimum Gasteiger partial charge on any atom is -0.461 e. The molecular formula is C18H20N2O4. The Hall–Kier alpha value is -2.60. The molecule has 24 heavy (non-hydrogen) atoms. The van der Waals surface area contributed by atoms with Crippen molar-refractivity contribution in [3.63, 3.8) is 0 Å². The molecule has 1 aliphatic carbocycles. The molecule has 6 heteroatoms. The fourth-order valence-corrected chi connectivity index (χ4v) is 3.51. The summed E-state index contributed by atoms with van der Waals surface area (Å²) in [6.45, 7) is 5.19. The Kier molecular flexibility index (Phi) is 4.15. The van der Waals surface area contributed by atoms with Gasteiger partial charge in [-0.3, -0.25) is 14.7 Å². The minimum absolute atomic E-state index is 0.0588. The van der Waals surface area contributed by atoms with Crippen molar-refractivity contribution in [1.29, 1.82) is 0 Å². The number of hydrogen-bond donors (Lipinski definition) is 3. The van der Waals surface area contributed by atoms with Crippen LogP contribution in [0.1, 0.15) is 29.7 Å². The quantitative estimate of drug-likeness (QED) is 0.585. The van der Waals surface area contributed by atoms with Gasteiger partial charge >= 0.3 is 5.97 Å². The van der Waals surface area contributed by atoms with E-state index in [1.807, 2.05) is 30.3 Å². The second kappa shape index (κ2) is 6.13. The average molecular weight is 328 g/mol. The average Bonchev–Trinajstić information content (AvgIpc) is 2.91. The van der Waals surface area contributed by atoms with Crippen molar-refractivity contribution in [2.45, 2.75) is 24.9 Å². The van der Waals surface area contributed by atoms with E-state index in [0.29, 0.717) is 11.3 Å². The molecule has 0 aliphatic heterocycles. The van der Waals surface area contributed by atoms with Crippen LogP contribution in [0.5, 0.6) is 0 Å². The van der Waals surface area contributed by atoms with E-state index in [9.17, 15) is 14.7 Å². The van der Waals surface area contributed by atoms with E-state index >= 15 is 0 Å². The van der Waals surface area contributed by atoms with Crippen molar-refractivity contribution in [2.24, 2.45) is 5.92 Å². The number of rotatable bonds is 4. The van der Waals surface area contributed by atoms with Crippen LogP contribution < -0.4 is 5.56 Å². The summed E-state index contributed by atoms with van der Waals surface area (Å²) in [6, 6.07) is 9.22. The first-order chi connectivity index (χ1) is 11.5. The van der Waals surface area contributed by atoms with E-state index in [1.165, 1.54) is 6.08 Å². The van der Waals surface area contributed by atoms with E-state index < -0.39 is 23.4 Å². The number of fused-ring (bicyclic) bond motifs is 1. The van der Waals surface area contributed by atoms with Crippen LogP contribution >= 0.6 is 0 Å². The summed E-state index contributed by atoms with van der Waals surface area (Å²) in [5.74, 6) is -2.01. The zero-order valence-electron chi connectivity index (χ0n) is 13.4. The van der Waals surface area contributed by atoms with Gasteiger partial charge < -0.3 is 14.9 Å². The number of esters is 1. The van der Waals surface area contributed by atoms with Crippen LogP contribution in [0.4, 0.5) is 0 Å². The third-order valence-electron chi connectivity index (χ3n) is 4.50. The predicted molar refractivity (Wildman–Crippen MR) is 88.7 cm³/mol. The SMILES string of the molecule is C=CCOC(=O)C1C(c2ccccc2)c2c([nH][nH]c2=O)CC1(C)O. The molecule has 3 rings (SSSR count). The maximum atomic E-state index is 12.6. The van der Waals surface area contributed by atoms with Gasteiger partial charge in [0, 0.05) is 23.6 Å². The van der Waals surface area contributed by atoms with Gasteiger partial charge in [0.25, 0.3) is 5.56 Å². The standard InChI is InChI=1S/C18H20N2O4/c1-3-9-24-17(22)15-13(11-7-5-4-6-8-11)14-12(10-18(15,2)23)19-20-16(14)21/h3-8,13,15,23H,1,9-10H2,2H3,(H2,19,20,21). The Morgan fingerprint density at radius 2 is 2.12 bits per heavy atom. The summed E-state index contributed by atoms with van der Waals surface area (Å²) in [5, 5.41) is 16.3. The van der Waals surface area contributed by atoms with Gasteiger partial charge in [0.1, 0.15) is 6.61 Å². The molecule has 0 spiro atoms. The molecule has 6 nitrogen and oxygen atoms in total. The van der Waals surface area contributed by atoms with Gasteiger partial charge in [-0.1, -0.05) is 43.0 Å². The van der Waals surface area contributed by atoms with Crippen molar-refractivity contribution in [3.8, 4) is 0 Å². The Bertz CT molecular complexity index is 804. The number of hydrogen-bond acceptors (Lipinski definition) is 4. The smallest absolute Gasteiger partial charge is 0.313 e. The third-order valence-corrected chi connectivity index (χ3v) is 4.50. The van der Waals surface area contributed by atoms with Gasteiger partial charge in [-0.2, -0.15) is 0 Å². The zero-order valence-corrected chi connectivity index (χ0v) is 13.4. The highest BCUT2D eigenvalue weighted by molar-refractivity contribution is 5.77. The second-order valence-corrected chi connectivity index (χ2v) is 6.29. The summed E-state index contributed by atoms with van der Waals surface area (Å²) in [7, 11) is 0. The summed E-state index contributed by atoms with van der Waals surface area (Å²) < 4.78 is 5.21. The van der Waals surface area contributed by atoms with Crippen LogP contribution in [0.2, 0.25) is 0 Å². The van der Waals surface area contributed by atoms with E-state index in [0.717, 1.165) is 5.56 Å². The lowest BCUT2D eigenvalue weighted by Crippen LogP contribution is -2.50. The maximum absolute atomic E-state index is 12.6. The Balaban J connectivity index is 2.16. The van der Waals surface area contributed by atoms with Gasteiger partial charge in [0.05, 0.1) is 11.5 Å². The second-order valence-electron chi connectivity index (χ2n) is 6.29. The molecule has 1 aliphatic rings. The van der Waals surface area contributed by atoms with Crippen molar-refractivity contribution < 1.29 is 14.6 Å². The number of carbonyl (C=O) groups is 1. The highest BCUT2D eigenvalue weighted by Crippen LogP contribution is 2.44. The molecule has 0 bridgehead atoms. The third kappa shape index (κ3) is 2.69. The van der Waals surface area contributed by atoms with Crippen LogP contribution in [0, 0.1) is 5.92 Å². The lowest BCUT2D eigenvalue weighted by Gasteiger charge is -2.40. The van der Waals surface area contributed by atoms with Gasteiger partial charge in [-0.25, -0.2) is 0 Å². The van der Waals surface area contributed by atoms with Gasteiger partial charge in [-0.15, -0.1) is 0 Å². The molecule has 0 amide bonds. The molecule has 1 aromatic carbocycles. The molecule has 0 radical (unpaired) electrons. The summed E-state index contributed by atoms with van der Waals surface area (Å²) in [4.78, 5) is 25.0. The number of ether oxygens (including phenoxy) is 1. The van der Waals surface area contributed by atoms with E-state index in [4.69, 9.17) is 4.74 Å². The van der Waals surface area contributed by atoms with Crippen molar-refractivity contribution in [3.05, 3.63) is 70.2 Å². The van der Waals surface area contributed by atoms with Crippen LogP contribution in [0.25, 0.3) is 0 Å². The van der Waals surface area contributed by atoms with E-state index in [2.05, 4.69) is 16.8 Å². The Morgan fingerprint density at radius 3 is 2.79 bits per heavy atom. The number of carbonyl (C=O) groups excluding carboxylic acids is 1. The van der Waals surface area contributed by atoms with Crippen molar-refractivity contribution in [2.75, 3.05) is 6.61 Å². The molecule has 3 N–H and O–H groups in total. The number of aliphatic hydroxyl groups is 1. The number of benzene rings is 1. The van der Waals surface area contributed by atoms with Gasteiger partial charge in [-0.05, 0) is 12.5 Å². The first-order valence-corrected chi connectivity index (χ1v) is 7.80. The fourth-order valence-electron chi connectivity index (χ4n) is 3.51. The summed E-state index contributed by atoms with van der Waals surface area (Å²) in [5.41, 5.74) is 0.247. The number of H-pyrrole nitrogens is 2. The molecule has 1 aromatic heterocycles. The predicted octanol–water partition coefficient (Wildman–Crippen LogP) is 1.49. The van der Waals surface area contributed by atoms with Crippen LogP contribution in [0.15, 0.2) is 47.8 Å². The molecule has 1 heterocycles. The normalized spacial score (nSPS) is 25.8. The highest BCUT2D eigenvalue weighted by Gasteiger charge is 2.51. The van der Waals surface area contributed by atoms with Crippen LogP contribution in [-0.4, -0.2) is 33.5 Å². The zero-order chi connectivity index (χ0) is 17.3. The fraction of sp³-hybridized carbons (Fsp3) is 0.333.